The number of carbonyl (C=O) groups is 3. The average Bonchev–Trinajstić information content (AvgIpc) is 3.21. The molecule has 6 heteroatoms. The molecule has 2 saturated carbocycles. The Balaban J connectivity index is 1.49. The average molecular weight is 349 g/mol. The summed E-state index contributed by atoms with van der Waals surface area (Å²) in [5.74, 6) is -1.93. The van der Waals surface area contributed by atoms with Gasteiger partial charge in [-0.2, -0.15) is 0 Å². The van der Waals surface area contributed by atoms with E-state index in [1.54, 1.807) is 30.3 Å². The molecule has 3 aliphatic rings. The van der Waals surface area contributed by atoms with E-state index in [2.05, 4.69) is 0 Å². The molecule has 1 saturated heterocycles. The van der Waals surface area contributed by atoms with Gasteiger partial charge in [-0.1, -0.05) is 30.3 Å². The van der Waals surface area contributed by atoms with E-state index in [1.165, 1.54) is 0 Å². The first kappa shape index (κ1) is 15.6. The lowest BCUT2D eigenvalue weighted by Crippen LogP contribution is -2.38. The molecular formula is C18H17ClO5. The number of Topliss-reactive ketones (excluding diaryl/α,β-unsaturated/α-hetero) is 1. The number of rotatable bonds is 5. The van der Waals surface area contributed by atoms with E-state index in [0.29, 0.717) is 12.0 Å². The zero-order chi connectivity index (χ0) is 16.8. The zero-order valence-electron chi connectivity index (χ0n) is 12.9. The van der Waals surface area contributed by atoms with Crippen LogP contribution in [0.3, 0.4) is 0 Å². The van der Waals surface area contributed by atoms with Gasteiger partial charge in [-0.15, -0.1) is 11.6 Å². The fourth-order valence-corrected chi connectivity index (χ4v) is 4.69. The Hall–Kier alpha value is -1.88. The number of hydrogen-bond donors (Lipinski definition) is 0. The molecule has 4 rings (SSSR count). The summed E-state index contributed by atoms with van der Waals surface area (Å²) in [5, 5.41) is 0. The molecule has 6 atom stereocenters. The van der Waals surface area contributed by atoms with E-state index in [1.807, 2.05) is 0 Å². The molecule has 0 aromatic heterocycles. The summed E-state index contributed by atoms with van der Waals surface area (Å²) >= 11 is 5.86. The quantitative estimate of drug-likeness (QED) is 0.463. The molecule has 0 amide bonds. The van der Waals surface area contributed by atoms with Gasteiger partial charge in [-0.3, -0.25) is 14.4 Å². The van der Waals surface area contributed by atoms with Crippen molar-refractivity contribution in [3.05, 3.63) is 35.9 Å². The third-order valence-electron chi connectivity index (χ3n) is 5.50. The molecule has 5 nitrogen and oxygen atoms in total. The first-order valence-electron chi connectivity index (χ1n) is 8.16. The molecule has 2 aliphatic carbocycles. The predicted molar refractivity (Wildman–Crippen MR) is 84.4 cm³/mol. The van der Waals surface area contributed by atoms with Crippen molar-refractivity contribution in [2.75, 3.05) is 5.88 Å². The van der Waals surface area contributed by atoms with Crippen molar-refractivity contribution < 1.29 is 23.9 Å². The minimum atomic E-state index is -1.03. The van der Waals surface area contributed by atoms with Gasteiger partial charge in [0.05, 0.1) is 17.7 Å². The minimum Gasteiger partial charge on any atom is -0.462 e. The summed E-state index contributed by atoms with van der Waals surface area (Å²) in [6.07, 6.45) is 0.462. The van der Waals surface area contributed by atoms with Gasteiger partial charge in [-0.05, 0) is 18.8 Å². The van der Waals surface area contributed by atoms with Gasteiger partial charge in [0.2, 0.25) is 5.78 Å². The summed E-state index contributed by atoms with van der Waals surface area (Å²) in [5.41, 5.74) is 0.448. The second-order valence-electron chi connectivity index (χ2n) is 6.73. The van der Waals surface area contributed by atoms with Crippen LogP contribution in [-0.4, -0.2) is 35.8 Å². The fraction of sp³-hybridized carbons (Fsp3) is 0.500. The predicted octanol–water partition coefficient (Wildman–Crippen LogP) is 2.22. The lowest BCUT2D eigenvalue weighted by Gasteiger charge is -2.24. The van der Waals surface area contributed by atoms with Crippen LogP contribution in [0.15, 0.2) is 30.3 Å². The van der Waals surface area contributed by atoms with Crippen molar-refractivity contribution in [3.63, 3.8) is 0 Å². The topological polar surface area (TPSA) is 69.7 Å². The highest BCUT2D eigenvalue weighted by atomic mass is 35.5. The Morgan fingerprint density at radius 3 is 2.71 bits per heavy atom. The van der Waals surface area contributed by atoms with E-state index in [4.69, 9.17) is 21.1 Å². The maximum absolute atomic E-state index is 12.6. The van der Waals surface area contributed by atoms with E-state index in [9.17, 15) is 14.4 Å². The number of ketones is 1. The maximum Gasteiger partial charge on any atom is 0.310 e. The first-order valence-corrected chi connectivity index (χ1v) is 8.70. The van der Waals surface area contributed by atoms with Gasteiger partial charge in [-0.25, -0.2) is 0 Å². The van der Waals surface area contributed by atoms with Crippen molar-refractivity contribution in [1.29, 1.82) is 0 Å². The number of ether oxygens (including phenoxy) is 2. The second-order valence-corrected chi connectivity index (χ2v) is 7.04. The molecule has 1 aromatic rings. The van der Waals surface area contributed by atoms with Gasteiger partial charge < -0.3 is 9.47 Å². The van der Waals surface area contributed by atoms with Crippen molar-refractivity contribution in [3.8, 4) is 0 Å². The summed E-state index contributed by atoms with van der Waals surface area (Å²) in [4.78, 5) is 37.1. The van der Waals surface area contributed by atoms with Crippen LogP contribution in [0.2, 0.25) is 0 Å². The number of fused-ring (bicyclic) bond motifs is 1. The van der Waals surface area contributed by atoms with Gasteiger partial charge >= 0.3 is 11.9 Å². The van der Waals surface area contributed by atoms with E-state index < -0.39 is 23.9 Å². The van der Waals surface area contributed by atoms with Crippen molar-refractivity contribution in [1.82, 2.24) is 0 Å². The highest BCUT2D eigenvalue weighted by Crippen LogP contribution is 2.58. The molecule has 2 bridgehead atoms. The molecule has 0 N–H and O–H groups in total. The number of alkyl halides is 1. The lowest BCUT2D eigenvalue weighted by atomic mass is 9.80. The molecule has 1 aromatic carbocycles. The van der Waals surface area contributed by atoms with Crippen LogP contribution < -0.4 is 0 Å². The third kappa shape index (κ3) is 2.34. The Morgan fingerprint density at radius 1 is 1.25 bits per heavy atom. The monoisotopic (exact) mass is 348 g/mol. The second kappa shape index (κ2) is 5.88. The van der Waals surface area contributed by atoms with Gasteiger partial charge in [0.25, 0.3) is 0 Å². The van der Waals surface area contributed by atoms with Crippen molar-refractivity contribution >= 4 is 29.3 Å². The van der Waals surface area contributed by atoms with Crippen LogP contribution in [0.25, 0.3) is 0 Å². The number of benzene rings is 1. The van der Waals surface area contributed by atoms with Crippen LogP contribution in [0.4, 0.5) is 0 Å². The largest absolute Gasteiger partial charge is 0.462 e. The number of hydrogen-bond acceptors (Lipinski definition) is 5. The summed E-state index contributed by atoms with van der Waals surface area (Å²) in [6.45, 7) is 0. The molecule has 0 spiro atoms. The lowest BCUT2D eigenvalue weighted by molar-refractivity contribution is -0.157. The minimum absolute atomic E-state index is 0.0358. The van der Waals surface area contributed by atoms with Crippen LogP contribution in [0, 0.1) is 23.7 Å². The summed E-state index contributed by atoms with van der Waals surface area (Å²) in [6, 6.07) is 8.60. The van der Waals surface area contributed by atoms with Crippen molar-refractivity contribution in [2.45, 2.75) is 25.0 Å². The van der Waals surface area contributed by atoms with Gasteiger partial charge in [0.1, 0.15) is 6.10 Å². The molecule has 3 fully saturated rings. The number of halogens is 1. The molecule has 1 heterocycles. The highest BCUT2D eigenvalue weighted by Gasteiger charge is 2.64. The van der Waals surface area contributed by atoms with E-state index in [-0.39, 0.29) is 35.6 Å². The molecule has 24 heavy (non-hydrogen) atoms. The van der Waals surface area contributed by atoms with Crippen LogP contribution in [0.1, 0.15) is 23.2 Å². The Morgan fingerprint density at radius 2 is 2.00 bits per heavy atom. The van der Waals surface area contributed by atoms with Gasteiger partial charge in [0, 0.05) is 11.5 Å². The summed E-state index contributed by atoms with van der Waals surface area (Å²) in [7, 11) is 0. The molecule has 126 valence electrons. The van der Waals surface area contributed by atoms with E-state index in [0.717, 1.165) is 6.42 Å². The first-order chi connectivity index (χ1) is 11.6. The van der Waals surface area contributed by atoms with Crippen LogP contribution in [0.5, 0.6) is 0 Å². The molecule has 0 unspecified atom stereocenters. The molecular weight excluding hydrogens is 332 g/mol. The Bertz CT molecular complexity index is 686. The van der Waals surface area contributed by atoms with Crippen molar-refractivity contribution in [2.24, 2.45) is 23.7 Å². The highest BCUT2D eigenvalue weighted by molar-refractivity contribution is 6.21. The molecule has 0 radical (unpaired) electrons. The maximum atomic E-state index is 12.6. The third-order valence-corrected chi connectivity index (χ3v) is 5.78. The normalized spacial score (nSPS) is 34.0. The zero-order valence-corrected chi connectivity index (χ0v) is 13.6. The number of carbonyl (C=O) groups excluding carboxylic acids is 3. The van der Waals surface area contributed by atoms with Crippen LogP contribution in [-0.2, 0) is 19.1 Å². The fourth-order valence-electron chi connectivity index (χ4n) is 4.49. The summed E-state index contributed by atoms with van der Waals surface area (Å²) < 4.78 is 10.8. The Labute approximate surface area is 144 Å². The SMILES string of the molecule is O=C(O[C@@H](CCl)C(=O)c1ccccc1)[C@@H]1[C@@H]2C[C@@H]3[C@H]1C(=O)O[C@@H]3C2. The van der Waals surface area contributed by atoms with Crippen LogP contribution >= 0.6 is 11.6 Å². The Kier molecular flexibility index (Phi) is 3.83. The number of esters is 2. The van der Waals surface area contributed by atoms with Gasteiger partial charge in [0.15, 0.2) is 6.10 Å². The van der Waals surface area contributed by atoms with E-state index >= 15 is 0 Å². The standard InChI is InChI=1S/C18H17ClO5/c19-8-13(16(20)9-4-2-1-3-5-9)24-17(21)14-10-6-11-12(7-10)23-18(22)15(11)14/h1-5,10-15H,6-8H2/t10-,11+,12-,13+,14-,15-/m1/s1. The molecule has 1 aliphatic heterocycles. The smallest absolute Gasteiger partial charge is 0.310 e.